The lowest BCUT2D eigenvalue weighted by Crippen LogP contribution is -2.93. The van der Waals surface area contributed by atoms with E-state index in [1.165, 1.54) is 37.7 Å². The van der Waals surface area contributed by atoms with E-state index in [4.69, 9.17) is 9.47 Å². The van der Waals surface area contributed by atoms with Crippen LogP contribution in [0.5, 0.6) is 11.5 Å². The molecule has 4 saturated carbocycles. The van der Waals surface area contributed by atoms with Gasteiger partial charge in [0.05, 0.1) is 20.3 Å². The molecule has 0 spiro atoms. The maximum absolute atomic E-state index is 5.42. The highest BCUT2D eigenvalue weighted by molar-refractivity contribution is 5.42. The minimum absolute atomic E-state index is 0.820. The topological polar surface area (TPSA) is 35.1 Å². The molecule has 2 N–H and O–H groups in total. The van der Waals surface area contributed by atoms with Crippen LogP contribution in [0.25, 0.3) is 0 Å². The van der Waals surface area contributed by atoms with Crippen LogP contribution >= 0.6 is 0 Å². The molecule has 3 heteroatoms. The van der Waals surface area contributed by atoms with Gasteiger partial charge >= 0.3 is 0 Å². The van der Waals surface area contributed by atoms with Crippen molar-refractivity contribution in [1.29, 1.82) is 0 Å². The summed E-state index contributed by atoms with van der Waals surface area (Å²) < 4.78 is 10.8. The lowest BCUT2D eigenvalue weighted by Gasteiger charge is -2.52. The van der Waals surface area contributed by atoms with Crippen molar-refractivity contribution >= 4 is 0 Å². The molecule has 22 heavy (non-hydrogen) atoms. The molecule has 0 radical (unpaired) electrons. The predicted octanol–water partition coefficient (Wildman–Crippen LogP) is 2.59. The van der Waals surface area contributed by atoms with Crippen LogP contribution in [0.1, 0.15) is 37.7 Å². The monoisotopic (exact) mass is 302 g/mol. The van der Waals surface area contributed by atoms with Gasteiger partial charge in [0.1, 0.15) is 6.54 Å². The van der Waals surface area contributed by atoms with E-state index >= 15 is 0 Å². The molecule has 120 valence electrons. The van der Waals surface area contributed by atoms with Gasteiger partial charge in [-0.1, -0.05) is 0 Å². The first-order chi connectivity index (χ1) is 10.8. The summed E-state index contributed by atoms with van der Waals surface area (Å²) in [7, 11) is 3.40. The van der Waals surface area contributed by atoms with Gasteiger partial charge in [-0.25, -0.2) is 0 Å². The van der Waals surface area contributed by atoms with Crippen molar-refractivity contribution in [3.8, 4) is 11.5 Å². The summed E-state index contributed by atoms with van der Waals surface area (Å²) in [6.45, 7) is 1.06. The second-order valence-electron chi connectivity index (χ2n) is 7.64. The van der Waals surface area contributed by atoms with Crippen LogP contribution < -0.4 is 14.8 Å². The minimum Gasteiger partial charge on any atom is -0.493 e. The van der Waals surface area contributed by atoms with Gasteiger partial charge < -0.3 is 14.8 Å². The molecule has 4 aliphatic carbocycles. The molecular weight excluding hydrogens is 274 g/mol. The highest BCUT2D eigenvalue weighted by Crippen LogP contribution is 2.52. The molecule has 0 atom stereocenters. The fraction of sp³-hybridized carbons (Fsp3) is 0.684. The number of methoxy groups -OCH3 is 2. The number of quaternary nitrogens is 1. The van der Waals surface area contributed by atoms with Crippen LogP contribution in [0.4, 0.5) is 0 Å². The van der Waals surface area contributed by atoms with Gasteiger partial charge in [0.25, 0.3) is 0 Å². The third-order valence-electron chi connectivity index (χ3n) is 6.37. The lowest BCUT2D eigenvalue weighted by atomic mass is 9.54. The van der Waals surface area contributed by atoms with E-state index in [-0.39, 0.29) is 0 Å². The fourth-order valence-corrected chi connectivity index (χ4v) is 5.63. The van der Waals surface area contributed by atoms with E-state index in [2.05, 4.69) is 17.4 Å². The zero-order valence-electron chi connectivity index (χ0n) is 13.8. The molecule has 0 aliphatic heterocycles. The second-order valence-corrected chi connectivity index (χ2v) is 7.64. The average molecular weight is 302 g/mol. The van der Waals surface area contributed by atoms with Crippen molar-refractivity contribution in [3.05, 3.63) is 23.8 Å². The Bertz CT molecular complexity index is 514. The summed E-state index contributed by atoms with van der Waals surface area (Å²) >= 11 is 0. The van der Waals surface area contributed by atoms with Gasteiger partial charge in [-0.3, -0.25) is 0 Å². The highest BCUT2D eigenvalue weighted by Gasteiger charge is 2.50. The quantitative estimate of drug-likeness (QED) is 0.907. The Morgan fingerprint density at radius 3 is 2.14 bits per heavy atom. The Morgan fingerprint density at radius 1 is 0.909 bits per heavy atom. The van der Waals surface area contributed by atoms with Crippen LogP contribution in [0.15, 0.2) is 18.2 Å². The van der Waals surface area contributed by atoms with E-state index in [0.29, 0.717) is 0 Å². The number of rotatable bonds is 5. The van der Waals surface area contributed by atoms with Gasteiger partial charge in [-0.2, -0.15) is 0 Å². The normalized spacial score (nSPS) is 35.6. The van der Waals surface area contributed by atoms with Crippen LogP contribution in [-0.4, -0.2) is 20.3 Å². The van der Waals surface area contributed by atoms with Gasteiger partial charge in [0, 0.05) is 17.4 Å². The third kappa shape index (κ3) is 2.50. The first kappa shape index (κ1) is 14.4. The Morgan fingerprint density at radius 2 is 1.55 bits per heavy atom. The molecule has 0 unspecified atom stereocenters. The molecule has 4 bridgehead atoms. The van der Waals surface area contributed by atoms with Crippen molar-refractivity contribution in [2.24, 2.45) is 23.7 Å². The van der Waals surface area contributed by atoms with E-state index < -0.39 is 0 Å². The Kier molecular flexibility index (Phi) is 3.77. The maximum Gasteiger partial charge on any atom is 0.161 e. The lowest BCUT2D eigenvalue weighted by molar-refractivity contribution is -0.723. The number of hydrogen-bond acceptors (Lipinski definition) is 2. The second kappa shape index (κ2) is 5.77. The predicted molar refractivity (Wildman–Crippen MR) is 86.0 cm³/mol. The van der Waals surface area contributed by atoms with Gasteiger partial charge in [0.2, 0.25) is 0 Å². The number of hydrogen-bond donors (Lipinski definition) is 1. The van der Waals surface area contributed by atoms with E-state index in [1.54, 1.807) is 14.2 Å². The zero-order valence-corrected chi connectivity index (χ0v) is 13.8. The van der Waals surface area contributed by atoms with Gasteiger partial charge in [-0.15, -0.1) is 0 Å². The Labute approximate surface area is 133 Å². The largest absolute Gasteiger partial charge is 0.493 e. The SMILES string of the molecule is COc1ccc(C[NH2+]C2C3CC4CC(C3)CC2C4)cc1OC. The molecule has 0 heterocycles. The number of benzene rings is 1. The zero-order chi connectivity index (χ0) is 15.1. The molecule has 5 rings (SSSR count). The molecular formula is C19H28NO2+. The molecule has 1 aromatic carbocycles. The first-order valence-corrected chi connectivity index (χ1v) is 8.81. The summed E-state index contributed by atoms with van der Waals surface area (Å²) in [6, 6.07) is 7.19. The summed E-state index contributed by atoms with van der Waals surface area (Å²) in [5.41, 5.74) is 1.34. The van der Waals surface area contributed by atoms with Gasteiger partial charge in [0.15, 0.2) is 11.5 Å². The molecule has 0 amide bonds. The molecule has 1 aromatic rings. The Hall–Kier alpha value is -1.22. The standard InChI is InChI=1S/C19H27NO2/c1-21-17-4-3-12(10-18(17)22-2)11-20-19-15-6-13-5-14(8-15)9-16(19)7-13/h3-4,10,13-16,19-20H,5-9,11H2,1-2H3/p+1. The molecule has 0 saturated heterocycles. The van der Waals surface area contributed by atoms with Crippen molar-refractivity contribution in [1.82, 2.24) is 0 Å². The van der Waals surface area contributed by atoms with E-state index in [9.17, 15) is 0 Å². The summed E-state index contributed by atoms with van der Waals surface area (Å²) in [5.74, 6) is 5.76. The smallest absolute Gasteiger partial charge is 0.161 e. The van der Waals surface area contributed by atoms with Crippen molar-refractivity contribution in [2.75, 3.05) is 14.2 Å². The fourth-order valence-electron chi connectivity index (χ4n) is 5.63. The number of ether oxygens (including phenoxy) is 2. The van der Waals surface area contributed by atoms with Crippen LogP contribution in [0.2, 0.25) is 0 Å². The van der Waals surface area contributed by atoms with Crippen LogP contribution in [0, 0.1) is 23.7 Å². The first-order valence-electron chi connectivity index (χ1n) is 8.81. The summed E-state index contributed by atoms with van der Waals surface area (Å²) in [6.07, 6.45) is 7.54. The highest BCUT2D eigenvalue weighted by atomic mass is 16.5. The van der Waals surface area contributed by atoms with Crippen LogP contribution in [-0.2, 0) is 6.54 Å². The summed E-state index contributed by atoms with van der Waals surface area (Å²) in [4.78, 5) is 0. The van der Waals surface area contributed by atoms with E-state index in [0.717, 1.165) is 47.8 Å². The van der Waals surface area contributed by atoms with E-state index in [1.807, 2.05) is 6.07 Å². The maximum atomic E-state index is 5.42. The number of nitrogens with two attached hydrogens (primary N) is 1. The molecule has 0 aromatic heterocycles. The van der Waals surface area contributed by atoms with Crippen LogP contribution in [0.3, 0.4) is 0 Å². The Balaban J connectivity index is 1.42. The molecule has 4 fully saturated rings. The van der Waals surface area contributed by atoms with Gasteiger partial charge in [-0.05, 0) is 62.1 Å². The average Bonchev–Trinajstić information content (AvgIpc) is 2.53. The molecule has 4 aliphatic rings. The summed E-state index contributed by atoms with van der Waals surface area (Å²) in [5, 5.41) is 2.62. The van der Waals surface area contributed by atoms with Crippen molar-refractivity contribution in [3.63, 3.8) is 0 Å². The van der Waals surface area contributed by atoms with Crippen molar-refractivity contribution < 1.29 is 14.8 Å². The van der Waals surface area contributed by atoms with Crippen molar-refractivity contribution in [2.45, 2.75) is 44.7 Å². The third-order valence-corrected chi connectivity index (χ3v) is 6.37. The minimum atomic E-state index is 0.820. The molecule has 3 nitrogen and oxygen atoms in total.